The van der Waals surface area contributed by atoms with Crippen LogP contribution in [0.25, 0.3) is 0 Å². The average molecular weight is 502 g/mol. The average Bonchev–Trinajstić information content (AvgIpc) is 3.36. The van der Waals surface area contributed by atoms with Gasteiger partial charge < -0.3 is 14.7 Å². The van der Waals surface area contributed by atoms with E-state index in [0.29, 0.717) is 17.7 Å². The van der Waals surface area contributed by atoms with Crippen molar-refractivity contribution in [2.24, 2.45) is 5.92 Å². The van der Waals surface area contributed by atoms with Gasteiger partial charge in [-0.25, -0.2) is 0 Å². The van der Waals surface area contributed by atoms with Gasteiger partial charge in [0.15, 0.2) is 0 Å². The summed E-state index contributed by atoms with van der Waals surface area (Å²) in [5, 5.41) is 4.23. The third kappa shape index (κ3) is 5.20. The van der Waals surface area contributed by atoms with Crippen LogP contribution in [0.5, 0.6) is 0 Å². The van der Waals surface area contributed by atoms with Crippen molar-refractivity contribution in [1.29, 1.82) is 0 Å². The summed E-state index contributed by atoms with van der Waals surface area (Å²) in [5.74, 6) is 0.170. The zero-order valence-electron chi connectivity index (χ0n) is 20.5. The largest absolute Gasteiger partial charge is 0.340 e. The van der Waals surface area contributed by atoms with Crippen molar-refractivity contribution in [2.45, 2.75) is 57.2 Å². The monoisotopic (exact) mass is 501 g/mol. The first-order chi connectivity index (χ1) is 16.9. The molecule has 3 heterocycles. The molecule has 3 saturated heterocycles. The number of carbonyl (C=O) groups is 3. The van der Waals surface area contributed by atoms with Crippen LogP contribution >= 0.6 is 11.6 Å². The minimum absolute atomic E-state index is 0.0174. The highest BCUT2D eigenvalue weighted by atomic mass is 35.5. The van der Waals surface area contributed by atoms with Gasteiger partial charge in [0.25, 0.3) is 0 Å². The number of nitrogens with zero attached hydrogens (tertiary/aromatic N) is 4. The Labute approximate surface area is 212 Å². The number of halogens is 1. The zero-order chi connectivity index (χ0) is 24.5. The van der Waals surface area contributed by atoms with Crippen LogP contribution in [0.2, 0.25) is 5.02 Å². The van der Waals surface area contributed by atoms with Crippen molar-refractivity contribution in [3.05, 3.63) is 34.9 Å². The number of likely N-dealkylation sites (tertiary alicyclic amines) is 1. The maximum atomic E-state index is 13.5. The van der Waals surface area contributed by atoms with Crippen molar-refractivity contribution >= 4 is 29.3 Å². The fourth-order valence-electron chi connectivity index (χ4n) is 6.42. The second-order valence-electron chi connectivity index (χ2n) is 10.4. The number of rotatable bonds is 4. The molecule has 4 fully saturated rings. The maximum Gasteiger partial charge on any atom is 0.242 e. The Morgan fingerprint density at radius 3 is 2.49 bits per heavy atom. The van der Waals surface area contributed by atoms with E-state index in [2.05, 4.69) is 10.2 Å². The molecule has 4 atom stereocenters. The number of hydrogen-bond donors (Lipinski definition) is 1. The van der Waals surface area contributed by atoms with Crippen molar-refractivity contribution in [3.63, 3.8) is 0 Å². The molecule has 3 aliphatic heterocycles. The molecule has 0 spiro atoms. The Hall–Kier alpha value is -2.16. The molecule has 190 valence electrons. The molecular formula is C26H36ClN5O3. The highest BCUT2D eigenvalue weighted by Gasteiger charge is 2.43. The van der Waals surface area contributed by atoms with Crippen LogP contribution in [0.3, 0.4) is 0 Å². The smallest absolute Gasteiger partial charge is 0.242 e. The summed E-state index contributed by atoms with van der Waals surface area (Å²) < 4.78 is 0. The molecule has 1 aromatic rings. The van der Waals surface area contributed by atoms with Crippen molar-refractivity contribution in [3.8, 4) is 0 Å². The topological polar surface area (TPSA) is 76.2 Å². The van der Waals surface area contributed by atoms with Crippen LogP contribution in [0.4, 0.5) is 0 Å². The molecule has 0 aromatic heterocycles. The third-order valence-electron chi connectivity index (χ3n) is 8.43. The first-order valence-electron chi connectivity index (χ1n) is 13.0. The minimum Gasteiger partial charge on any atom is -0.340 e. The summed E-state index contributed by atoms with van der Waals surface area (Å²) in [5.41, 5.74) is 1.10. The normalized spacial score (nSPS) is 29.9. The van der Waals surface area contributed by atoms with Gasteiger partial charge in [-0.2, -0.15) is 0 Å². The SMILES string of the molecule is CC(=O)N1CCN(C2CCC3NCN(CC(=O)N4CCCC4c4ccc(Cl)cc4)C(=O)C3C2)CC1. The van der Waals surface area contributed by atoms with Crippen LogP contribution in [-0.4, -0.2) is 95.3 Å². The molecule has 1 saturated carbocycles. The molecular weight excluding hydrogens is 466 g/mol. The Morgan fingerprint density at radius 1 is 1.03 bits per heavy atom. The molecule has 1 aromatic carbocycles. The van der Waals surface area contributed by atoms with E-state index in [9.17, 15) is 14.4 Å². The lowest BCUT2D eigenvalue weighted by atomic mass is 9.79. The van der Waals surface area contributed by atoms with Crippen LogP contribution < -0.4 is 5.32 Å². The van der Waals surface area contributed by atoms with E-state index in [-0.39, 0.29) is 42.3 Å². The number of carbonyl (C=O) groups excluding carboxylic acids is 3. The molecule has 8 nitrogen and oxygen atoms in total. The van der Waals surface area contributed by atoms with Gasteiger partial charge in [0.05, 0.1) is 18.6 Å². The van der Waals surface area contributed by atoms with E-state index in [0.717, 1.165) is 70.4 Å². The maximum absolute atomic E-state index is 13.5. The van der Waals surface area contributed by atoms with E-state index in [1.165, 1.54) is 0 Å². The summed E-state index contributed by atoms with van der Waals surface area (Å²) in [7, 11) is 0. The first-order valence-corrected chi connectivity index (χ1v) is 13.3. The quantitative estimate of drug-likeness (QED) is 0.683. The molecule has 4 unspecified atom stereocenters. The second kappa shape index (κ2) is 10.4. The van der Waals surface area contributed by atoms with Gasteiger partial charge in [0, 0.05) is 56.8 Å². The summed E-state index contributed by atoms with van der Waals surface area (Å²) in [6.07, 6.45) is 4.76. The van der Waals surface area contributed by atoms with E-state index < -0.39 is 0 Å². The fourth-order valence-corrected chi connectivity index (χ4v) is 6.55. The summed E-state index contributed by atoms with van der Waals surface area (Å²) in [6, 6.07) is 8.33. The van der Waals surface area contributed by atoms with Gasteiger partial charge in [-0.1, -0.05) is 23.7 Å². The Kier molecular flexibility index (Phi) is 7.32. The van der Waals surface area contributed by atoms with Crippen molar-refractivity contribution < 1.29 is 14.4 Å². The lowest BCUT2D eigenvalue weighted by molar-refractivity contribution is -0.149. The minimum atomic E-state index is -0.0909. The van der Waals surface area contributed by atoms with Crippen LogP contribution in [0.1, 0.15) is 50.6 Å². The predicted molar refractivity (Wildman–Crippen MR) is 134 cm³/mol. The molecule has 1 N–H and O–H groups in total. The first kappa shape index (κ1) is 24.5. The Morgan fingerprint density at radius 2 is 1.77 bits per heavy atom. The van der Waals surface area contributed by atoms with Gasteiger partial charge >= 0.3 is 0 Å². The van der Waals surface area contributed by atoms with Crippen LogP contribution in [-0.2, 0) is 14.4 Å². The summed E-state index contributed by atoms with van der Waals surface area (Å²) in [6.45, 7) is 6.17. The molecule has 5 rings (SSSR count). The van der Waals surface area contributed by atoms with Gasteiger partial charge in [-0.15, -0.1) is 0 Å². The number of nitrogens with one attached hydrogen (secondary N) is 1. The molecule has 0 bridgehead atoms. The lowest BCUT2D eigenvalue weighted by Gasteiger charge is -2.47. The molecule has 9 heteroatoms. The van der Waals surface area contributed by atoms with E-state index >= 15 is 0 Å². The molecule has 35 heavy (non-hydrogen) atoms. The third-order valence-corrected chi connectivity index (χ3v) is 8.68. The number of piperazine rings is 1. The second-order valence-corrected chi connectivity index (χ2v) is 10.9. The number of amides is 3. The van der Waals surface area contributed by atoms with Crippen LogP contribution in [0.15, 0.2) is 24.3 Å². The molecule has 3 amide bonds. The van der Waals surface area contributed by atoms with Gasteiger partial charge in [0.2, 0.25) is 17.7 Å². The standard InChI is InChI=1S/C26H36ClN5O3/c1-18(33)29-11-13-30(14-12-29)21-8-9-23-22(15-21)26(35)31(17-28-23)16-25(34)32-10-2-3-24(32)19-4-6-20(27)7-5-19/h4-7,21-24,28H,2-3,8-17H2,1H3. The Balaban J connectivity index is 1.19. The number of fused-ring (bicyclic) bond motifs is 1. The molecule has 4 aliphatic rings. The number of benzene rings is 1. The molecule has 1 aliphatic carbocycles. The van der Waals surface area contributed by atoms with Gasteiger partial charge in [-0.3, -0.25) is 24.6 Å². The van der Waals surface area contributed by atoms with Gasteiger partial charge in [0.1, 0.15) is 6.54 Å². The summed E-state index contributed by atoms with van der Waals surface area (Å²) >= 11 is 6.05. The van der Waals surface area contributed by atoms with Gasteiger partial charge in [-0.05, 0) is 49.8 Å². The highest BCUT2D eigenvalue weighted by molar-refractivity contribution is 6.30. The van der Waals surface area contributed by atoms with Crippen LogP contribution in [0, 0.1) is 5.92 Å². The summed E-state index contributed by atoms with van der Waals surface area (Å²) in [4.78, 5) is 46.5. The van der Waals surface area contributed by atoms with E-state index in [1.54, 1.807) is 11.8 Å². The number of hydrogen-bond acceptors (Lipinski definition) is 5. The van der Waals surface area contributed by atoms with Crippen molar-refractivity contribution in [1.82, 2.24) is 24.9 Å². The highest BCUT2D eigenvalue weighted by Crippen LogP contribution is 2.34. The lowest BCUT2D eigenvalue weighted by Crippen LogP contribution is -2.62. The fraction of sp³-hybridized carbons (Fsp3) is 0.654. The zero-order valence-corrected chi connectivity index (χ0v) is 21.3. The Bertz CT molecular complexity index is 949. The van der Waals surface area contributed by atoms with E-state index in [4.69, 9.17) is 11.6 Å². The molecule has 0 radical (unpaired) electrons. The van der Waals surface area contributed by atoms with E-state index in [1.807, 2.05) is 34.1 Å². The van der Waals surface area contributed by atoms with Crippen molar-refractivity contribution in [2.75, 3.05) is 45.9 Å². The predicted octanol–water partition coefficient (Wildman–Crippen LogP) is 2.09.